The van der Waals surface area contributed by atoms with Gasteiger partial charge in [0, 0.05) is 7.05 Å². The molecule has 1 aromatic rings. The lowest BCUT2D eigenvalue weighted by Crippen LogP contribution is -2.64. The average molecular weight is 375 g/mol. The third kappa shape index (κ3) is 2.90. The number of nitrogens with zero attached hydrogens (tertiary/aromatic N) is 6. The van der Waals surface area contributed by atoms with Crippen LogP contribution < -0.4 is 0 Å². The van der Waals surface area contributed by atoms with Gasteiger partial charge >= 0.3 is 18.0 Å². The van der Waals surface area contributed by atoms with Crippen LogP contribution in [0.3, 0.4) is 0 Å². The third-order valence-electron chi connectivity index (χ3n) is 4.60. The minimum atomic E-state index is -0.809. The molecule has 0 bridgehead atoms. The molecule has 10 nitrogen and oxygen atoms in total. The molecule has 1 fully saturated rings. The van der Waals surface area contributed by atoms with Crippen LogP contribution in [0.1, 0.15) is 25.2 Å². The number of imide groups is 1. The number of ether oxygens (including phenoxy) is 1. The number of aromatic nitrogens is 2. The van der Waals surface area contributed by atoms with Crippen molar-refractivity contribution in [2.75, 3.05) is 20.7 Å². The summed E-state index contributed by atoms with van der Waals surface area (Å²) in [6.45, 7) is 7.19. The Hall–Kier alpha value is -3.04. The number of methoxy groups -OCH3 is 1. The number of aryl methyl sites for hydroxylation is 2. The van der Waals surface area contributed by atoms with Crippen molar-refractivity contribution in [3.05, 3.63) is 17.5 Å². The van der Waals surface area contributed by atoms with E-state index in [1.807, 2.05) is 38.3 Å². The smallest absolute Gasteiger partial charge is 0.421 e. The van der Waals surface area contributed by atoms with Crippen molar-refractivity contribution < 1.29 is 23.7 Å². The zero-order valence-corrected chi connectivity index (χ0v) is 16.3. The van der Waals surface area contributed by atoms with E-state index in [1.165, 1.54) is 19.1 Å². The molecule has 0 aromatic carbocycles. The molecule has 2 aliphatic rings. The summed E-state index contributed by atoms with van der Waals surface area (Å²) in [6, 6.07) is 0.393. The Labute approximate surface area is 156 Å². The van der Waals surface area contributed by atoms with Crippen molar-refractivity contribution in [2.45, 2.75) is 39.8 Å². The number of likely N-dealkylation sites (N-methyl/N-ethyl adjacent to an activating group) is 1. The zero-order valence-electron chi connectivity index (χ0n) is 16.3. The largest absolute Gasteiger partial charge is 0.468 e. The summed E-state index contributed by atoms with van der Waals surface area (Å²) in [4.78, 5) is 44.1. The number of amides is 3. The molecule has 0 aliphatic carbocycles. The van der Waals surface area contributed by atoms with Crippen LogP contribution in [-0.4, -0.2) is 86.6 Å². The number of esters is 1. The fourth-order valence-corrected chi connectivity index (χ4v) is 3.33. The Balaban J connectivity index is 2.12. The molecule has 1 aromatic heterocycles. The molecule has 1 unspecified atom stereocenters. The van der Waals surface area contributed by atoms with Gasteiger partial charge in [-0.1, -0.05) is 4.99 Å². The summed E-state index contributed by atoms with van der Waals surface area (Å²) in [6.07, 6.45) is 0. The lowest BCUT2D eigenvalue weighted by Gasteiger charge is -2.34. The highest BCUT2D eigenvalue weighted by atomic mass is 16.5. The molecule has 0 saturated carbocycles. The Kier molecular flexibility index (Phi) is 4.58. The summed E-state index contributed by atoms with van der Waals surface area (Å²) >= 11 is 0. The van der Waals surface area contributed by atoms with Gasteiger partial charge in [-0.15, -0.1) is 9.78 Å². The predicted octanol–water partition coefficient (Wildman–Crippen LogP) is -0.0274. The van der Waals surface area contributed by atoms with Crippen LogP contribution in [0, 0.1) is 13.8 Å². The zero-order chi connectivity index (χ0) is 20.0. The molecule has 27 heavy (non-hydrogen) atoms. The monoisotopic (exact) mass is 375 g/mol. The Morgan fingerprint density at radius 3 is 2.52 bits per heavy atom. The van der Waals surface area contributed by atoms with Gasteiger partial charge in [-0.2, -0.15) is 0 Å². The van der Waals surface area contributed by atoms with Crippen molar-refractivity contribution in [2.24, 2.45) is 4.99 Å². The fourth-order valence-electron chi connectivity index (χ4n) is 3.33. The summed E-state index contributed by atoms with van der Waals surface area (Å²) in [5.41, 5.74) is 1.69. The van der Waals surface area contributed by atoms with E-state index >= 15 is 0 Å². The highest BCUT2D eigenvalue weighted by molar-refractivity contribution is 6.23. The van der Waals surface area contributed by atoms with E-state index in [0.29, 0.717) is 11.8 Å². The Bertz CT molecular complexity index is 897. The second-order valence-corrected chi connectivity index (χ2v) is 6.85. The number of hydrogen-bond acceptors (Lipinski definition) is 6. The number of urea groups is 1. The summed E-state index contributed by atoms with van der Waals surface area (Å²) in [5, 5.41) is 4.46. The minimum Gasteiger partial charge on any atom is -0.468 e. The van der Waals surface area contributed by atoms with Crippen LogP contribution in [0.15, 0.2) is 11.1 Å². The highest BCUT2D eigenvalue weighted by Crippen LogP contribution is 2.22. The molecule has 144 valence electrons. The topological polar surface area (TPSA) is 100 Å². The van der Waals surface area contributed by atoms with E-state index in [1.54, 1.807) is 4.68 Å². The molecule has 10 heteroatoms. The molecule has 3 heterocycles. The molecule has 1 saturated heterocycles. The van der Waals surface area contributed by atoms with E-state index in [0.717, 1.165) is 16.3 Å². The first-order chi connectivity index (χ1) is 12.7. The van der Waals surface area contributed by atoms with Crippen LogP contribution in [0.25, 0.3) is 0 Å². The van der Waals surface area contributed by atoms with E-state index < -0.39 is 30.5 Å². The lowest BCUT2D eigenvalue weighted by atomic mass is 10.1. The first-order valence-electron chi connectivity index (χ1n) is 8.60. The molecular weight excluding hydrogens is 352 g/mol. The van der Waals surface area contributed by atoms with Crippen LogP contribution in [-0.2, 0) is 14.3 Å². The number of hydrogen-bond donors (Lipinski definition) is 0. The number of carbonyl (C=O) groups is 3. The number of fused-ring (bicyclic) bond motifs is 1. The van der Waals surface area contributed by atoms with Gasteiger partial charge in [0.1, 0.15) is 12.2 Å². The standard InChI is InChI=1S/C17H23N6O4/c1-9(2)22-13-14(18-16(22)23-11(4)7-10(3)19-23)20(5)17(26)21(15(13)25)8-12(24)27-6/h7,9,13H,8H2,1-6H3/q+1. The maximum atomic E-state index is 13.1. The van der Waals surface area contributed by atoms with Crippen molar-refractivity contribution >= 4 is 29.7 Å². The molecule has 3 amide bonds. The van der Waals surface area contributed by atoms with Crippen molar-refractivity contribution in [1.29, 1.82) is 0 Å². The van der Waals surface area contributed by atoms with E-state index in [2.05, 4.69) is 14.8 Å². The number of amidine groups is 1. The second kappa shape index (κ2) is 6.60. The van der Waals surface area contributed by atoms with Crippen LogP contribution >= 0.6 is 0 Å². The molecular formula is C17H23N6O4+. The van der Waals surface area contributed by atoms with E-state index in [9.17, 15) is 14.4 Å². The summed E-state index contributed by atoms with van der Waals surface area (Å²) < 4.78 is 8.09. The van der Waals surface area contributed by atoms with Gasteiger partial charge in [-0.3, -0.25) is 14.5 Å². The third-order valence-corrected chi connectivity index (χ3v) is 4.60. The summed E-state index contributed by atoms with van der Waals surface area (Å²) in [5.74, 6) is -0.374. The normalized spacial score (nSPS) is 19.8. The molecule has 1 atom stereocenters. The van der Waals surface area contributed by atoms with Crippen LogP contribution in [0.4, 0.5) is 4.79 Å². The van der Waals surface area contributed by atoms with Gasteiger partial charge in [0.05, 0.1) is 18.8 Å². The predicted molar refractivity (Wildman–Crippen MR) is 95.6 cm³/mol. The molecule has 0 N–H and O–H groups in total. The van der Waals surface area contributed by atoms with Gasteiger partial charge in [0.2, 0.25) is 11.9 Å². The lowest BCUT2D eigenvalue weighted by molar-refractivity contribution is -0.567. The van der Waals surface area contributed by atoms with Crippen LogP contribution in [0.5, 0.6) is 0 Å². The Morgan fingerprint density at radius 2 is 2.00 bits per heavy atom. The minimum absolute atomic E-state index is 0.0966. The maximum absolute atomic E-state index is 13.1. The van der Waals surface area contributed by atoms with Gasteiger partial charge < -0.3 is 4.74 Å². The molecule has 2 aliphatic heterocycles. The van der Waals surface area contributed by atoms with Crippen molar-refractivity contribution in [1.82, 2.24) is 19.6 Å². The number of aliphatic imine (C=N–C) groups is 1. The maximum Gasteiger partial charge on any atom is 0.421 e. The van der Waals surface area contributed by atoms with Gasteiger partial charge in [-0.05, 0) is 33.8 Å². The van der Waals surface area contributed by atoms with Gasteiger partial charge in [0.25, 0.3) is 5.91 Å². The molecule has 0 spiro atoms. The van der Waals surface area contributed by atoms with Crippen molar-refractivity contribution in [3.8, 4) is 0 Å². The number of rotatable bonds is 3. The van der Waals surface area contributed by atoms with Crippen molar-refractivity contribution in [3.63, 3.8) is 0 Å². The highest BCUT2D eigenvalue weighted by Gasteiger charge is 2.54. The first kappa shape index (κ1) is 18.7. The summed E-state index contributed by atoms with van der Waals surface area (Å²) in [7, 11) is 2.75. The fraction of sp³-hybridized carbons (Fsp3) is 0.529. The second-order valence-electron chi connectivity index (χ2n) is 6.85. The molecule has 0 radical (unpaired) electrons. The molecule has 3 rings (SSSR count). The van der Waals surface area contributed by atoms with E-state index in [-0.39, 0.29) is 6.04 Å². The number of carbonyl (C=O) groups excluding carboxylic acids is 3. The van der Waals surface area contributed by atoms with Gasteiger partial charge in [0.15, 0.2) is 0 Å². The Morgan fingerprint density at radius 1 is 1.33 bits per heavy atom. The van der Waals surface area contributed by atoms with Gasteiger partial charge in [-0.25, -0.2) is 14.3 Å². The van der Waals surface area contributed by atoms with E-state index in [4.69, 9.17) is 0 Å². The first-order valence-corrected chi connectivity index (χ1v) is 8.60. The SMILES string of the molecule is COC(=O)CN1C(=O)C2C(=NC(n3nc(C)cc3C)=[N+]2C(C)C)N(C)C1=O. The average Bonchev–Trinajstić information content (AvgIpc) is 3.16. The quantitative estimate of drug-likeness (QED) is 0.546. The van der Waals surface area contributed by atoms with Crippen LogP contribution in [0.2, 0.25) is 0 Å².